The predicted molar refractivity (Wildman–Crippen MR) is 76.6 cm³/mol. The number of hydrogen-bond acceptors (Lipinski definition) is 4. The molecule has 0 unspecified atom stereocenters. The van der Waals surface area contributed by atoms with Crippen molar-refractivity contribution in [2.75, 3.05) is 0 Å². The van der Waals surface area contributed by atoms with Crippen LogP contribution in [-0.4, -0.2) is 20.5 Å². The van der Waals surface area contributed by atoms with Gasteiger partial charge in [-0.15, -0.1) is 0 Å². The summed E-state index contributed by atoms with van der Waals surface area (Å²) in [6, 6.07) is 7.80. The second-order valence-corrected chi connectivity index (χ2v) is 5.64. The average Bonchev–Trinajstić information content (AvgIpc) is 2.36. The highest BCUT2D eigenvalue weighted by Crippen LogP contribution is 2.12. The second-order valence-electron chi connectivity index (χ2n) is 5.64. The minimum atomic E-state index is 0.0761. The van der Waals surface area contributed by atoms with E-state index in [1.54, 1.807) is 6.20 Å². The Balaban J connectivity index is 2.20. The van der Waals surface area contributed by atoms with Crippen molar-refractivity contribution in [2.45, 2.75) is 39.8 Å². The highest BCUT2D eigenvalue weighted by Gasteiger charge is 2.10. The van der Waals surface area contributed by atoms with Gasteiger partial charge >= 0.3 is 0 Å². The van der Waals surface area contributed by atoms with Gasteiger partial charge in [-0.25, -0.2) is 15.0 Å². The normalized spacial score (nSPS) is 11.6. The molecule has 2 aromatic heterocycles. The first kappa shape index (κ1) is 13.6. The molecule has 0 aliphatic carbocycles. The van der Waals surface area contributed by atoms with Crippen molar-refractivity contribution in [1.82, 2.24) is 20.3 Å². The van der Waals surface area contributed by atoms with Crippen molar-refractivity contribution >= 4 is 0 Å². The zero-order chi connectivity index (χ0) is 13.9. The fourth-order valence-corrected chi connectivity index (χ4v) is 1.64. The van der Waals surface area contributed by atoms with Crippen LogP contribution in [0.25, 0.3) is 11.5 Å². The van der Waals surface area contributed by atoms with Crippen molar-refractivity contribution < 1.29 is 0 Å². The Morgan fingerprint density at radius 1 is 1.11 bits per heavy atom. The summed E-state index contributed by atoms with van der Waals surface area (Å²) in [5.41, 5.74) is 2.84. The lowest BCUT2D eigenvalue weighted by Gasteiger charge is -2.20. The molecule has 0 amide bonds. The number of nitrogens with zero attached hydrogens (tertiary/aromatic N) is 3. The minimum absolute atomic E-state index is 0.0761. The molecule has 0 radical (unpaired) electrons. The van der Waals surface area contributed by atoms with Crippen molar-refractivity contribution in [2.24, 2.45) is 0 Å². The number of pyridine rings is 1. The third-order valence-electron chi connectivity index (χ3n) is 2.63. The Hall–Kier alpha value is -1.81. The standard InChI is InChI=1S/C15H20N4/c1-11-6-5-7-13(18-11)14-16-9-8-12(19-14)10-17-15(2,3)4/h5-9,17H,10H2,1-4H3. The largest absolute Gasteiger partial charge is 0.306 e. The molecule has 19 heavy (non-hydrogen) atoms. The summed E-state index contributed by atoms with van der Waals surface area (Å²) in [6.45, 7) is 9.10. The van der Waals surface area contributed by atoms with E-state index < -0.39 is 0 Å². The van der Waals surface area contributed by atoms with Crippen LogP contribution in [0.4, 0.5) is 0 Å². The molecule has 4 nitrogen and oxygen atoms in total. The number of aryl methyl sites for hydroxylation is 1. The smallest absolute Gasteiger partial charge is 0.178 e. The van der Waals surface area contributed by atoms with E-state index in [1.807, 2.05) is 31.2 Å². The van der Waals surface area contributed by atoms with E-state index in [0.717, 1.165) is 23.6 Å². The van der Waals surface area contributed by atoms with E-state index >= 15 is 0 Å². The lowest BCUT2D eigenvalue weighted by atomic mass is 10.1. The highest BCUT2D eigenvalue weighted by atomic mass is 15.0. The van der Waals surface area contributed by atoms with Crippen LogP contribution in [0, 0.1) is 6.92 Å². The SMILES string of the molecule is Cc1cccc(-c2nccc(CNC(C)(C)C)n2)n1. The van der Waals surface area contributed by atoms with Crippen LogP contribution in [0.2, 0.25) is 0 Å². The van der Waals surface area contributed by atoms with Gasteiger partial charge in [0.25, 0.3) is 0 Å². The van der Waals surface area contributed by atoms with Crippen LogP contribution < -0.4 is 5.32 Å². The summed E-state index contributed by atoms with van der Waals surface area (Å²) >= 11 is 0. The summed E-state index contributed by atoms with van der Waals surface area (Å²) in [6.07, 6.45) is 1.78. The summed E-state index contributed by atoms with van der Waals surface area (Å²) < 4.78 is 0. The van der Waals surface area contributed by atoms with Crippen molar-refractivity contribution in [3.8, 4) is 11.5 Å². The van der Waals surface area contributed by atoms with E-state index in [4.69, 9.17) is 0 Å². The van der Waals surface area contributed by atoms with Crippen molar-refractivity contribution in [3.63, 3.8) is 0 Å². The molecule has 0 aromatic carbocycles. The molecular formula is C15H20N4. The molecule has 100 valence electrons. The quantitative estimate of drug-likeness (QED) is 0.917. The molecule has 0 bridgehead atoms. The zero-order valence-electron chi connectivity index (χ0n) is 11.9. The maximum Gasteiger partial charge on any atom is 0.178 e. The minimum Gasteiger partial charge on any atom is -0.306 e. The maximum atomic E-state index is 4.55. The van der Waals surface area contributed by atoms with Crippen LogP contribution in [0.3, 0.4) is 0 Å². The molecule has 0 spiro atoms. The van der Waals surface area contributed by atoms with Crippen LogP contribution in [0.15, 0.2) is 30.5 Å². The van der Waals surface area contributed by atoms with Crippen LogP contribution >= 0.6 is 0 Å². The van der Waals surface area contributed by atoms with Gasteiger partial charge in [0.05, 0.1) is 5.69 Å². The van der Waals surface area contributed by atoms with E-state index in [2.05, 4.69) is 41.0 Å². The van der Waals surface area contributed by atoms with Gasteiger partial charge in [0.1, 0.15) is 5.69 Å². The second kappa shape index (κ2) is 5.45. The molecule has 1 N–H and O–H groups in total. The molecule has 2 aromatic rings. The summed E-state index contributed by atoms with van der Waals surface area (Å²) in [5.74, 6) is 0.678. The van der Waals surface area contributed by atoms with Gasteiger partial charge in [0.15, 0.2) is 5.82 Å². The Morgan fingerprint density at radius 2 is 1.89 bits per heavy atom. The van der Waals surface area contributed by atoms with E-state index in [9.17, 15) is 0 Å². The first-order chi connectivity index (χ1) is 8.94. The number of rotatable bonds is 3. The summed E-state index contributed by atoms with van der Waals surface area (Å²) in [4.78, 5) is 13.3. The zero-order valence-corrected chi connectivity index (χ0v) is 11.9. The Morgan fingerprint density at radius 3 is 2.58 bits per heavy atom. The first-order valence-corrected chi connectivity index (χ1v) is 6.45. The van der Waals surface area contributed by atoms with Crippen LogP contribution in [0.5, 0.6) is 0 Å². The molecular weight excluding hydrogens is 236 g/mol. The maximum absolute atomic E-state index is 4.55. The van der Waals surface area contributed by atoms with E-state index in [-0.39, 0.29) is 5.54 Å². The molecule has 0 aliphatic heterocycles. The van der Waals surface area contributed by atoms with Gasteiger partial charge in [-0.1, -0.05) is 6.07 Å². The number of hydrogen-bond donors (Lipinski definition) is 1. The van der Waals surface area contributed by atoms with Gasteiger partial charge in [0, 0.05) is 24.0 Å². The molecule has 2 heterocycles. The van der Waals surface area contributed by atoms with E-state index in [1.165, 1.54) is 0 Å². The topological polar surface area (TPSA) is 50.7 Å². The number of aromatic nitrogens is 3. The monoisotopic (exact) mass is 256 g/mol. The number of nitrogens with one attached hydrogen (secondary N) is 1. The van der Waals surface area contributed by atoms with Crippen LogP contribution in [-0.2, 0) is 6.54 Å². The van der Waals surface area contributed by atoms with Gasteiger partial charge in [-0.2, -0.15) is 0 Å². The van der Waals surface area contributed by atoms with Gasteiger partial charge in [-0.05, 0) is 45.9 Å². The fraction of sp³-hybridized carbons (Fsp3) is 0.400. The lowest BCUT2D eigenvalue weighted by Crippen LogP contribution is -2.35. The average molecular weight is 256 g/mol. The molecule has 4 heteroatoms. The molecule has 0 saturated heterocycles. The summed E-state index contributed by atoms with van der Waals surface area (Å²) in [7, 11) is 0. The first-order valence-electron chi connectivity index (χ1n) is 6.45. The third kappa shape index (κ3) is 4.10. The van der Waals surface area contributed by atoms with Crippen molar-refractivity contribution in [3.05, 3.63) is 41.9 Å². The molecule has 0 atom stereocenters. The Kier molecular flexibility index (Phi) is 3.90. The lowest BCUT2D eigenvalue weighted by molar-refractivity contribution is 0.421. The molecule has 0 fully saturated rings. The molecule has 0 aliphatic rings. The third-order valence-corrected chi connectivity index (χ3v) is 2.63. The summed E-state index contributed by atoms with van der Waals surface area (Å²) in [5, 5.41) is 3.42. The highest BCUT2D eigenvalue weighted by molar-refractivity contribution is 5.48. The van der Waals surface area contributed by atoms with Gasteiger partial charge in [0.2, 0.25) is 0 Å². The predicted octanol–water partition coefficient (Wildman–Crippen LogP) is 2.74. The van der Waals surface area contributed by atoms with Crippen LogP contribution in [0.1, 0.15) is 32.2 Å². The Labute approximate surface area is 114 Å². The molecule has 0 saturated carbocycles. The van der Waals surface area contributed by atoms with Gasteiger partial charge < -0.3 is 5.32 Å². The Bertz CT molecular complexity index is 558. The van der Waals surface area contributed by atoms with Gasteiger partial charge in [-0.3, -0.25) is 0 Å². The van der Waals surface area contributed by atoms with E-state index in [0.29, 0.717) is 5.82 Å². The fourth-order valence-electron chi connectivity index (χ4n) is 1.64. The molecule has 2 rings (SSSR count). The van der Waals surface area contributed by atoms with Crippen molar-refractivity contribution in [1.29, 1.82) is 0 Å².